The molecule has 172 valence electrons. The molecule has 1 saturated heterocycles. The Morgan fingerprint density at radius 2 is 1.91 bits per heavy atom. The summed E-state index contributed by atoms with van der Waals surface area (Å²) < 4.78 is 0. The average Bonchev–Trinajstić information content (AvgIpc) is 2.77. The fourth-order valence-electron chi connectivity index (χ4n) is 3.28. The summed E-state index contributed by atoms with van der Waals surface area (Å²) in [4.78, 5) is 47.6. The number of amides is 3. The van der Waals surface area contributed by atoms with Gasteiger partial charge >= 0.3 is 6.03 Å². The number of urea groups is 1. The van der Waals surface area contributed by atoms with Crippen molar-refractivity contribution < 1.29 is 9.59 Å². The molecule has 1 aliphatic heterocycles. The fraction of sp³-hybridized carbons (Fsp3) is 0.400. The Kier molecular flexibility index (Phi) is 8.46. The summed E-state index contributed by atoms with van der Waals surface area (Å²) in [6.45, 7) is 4.37. The van der Waals surface area contributed by atoms with Crippen LogP contribution in [-0.2, 0) is 11.2 Å². The third kappa shape index (κ3) is 6.42. The highest BCUT2D eigenvalue weighted by atomic mass is 35.5. The maximum Gasteiger partial charge on any atom is 0.326 e. The number of aromatic nitrogens is 2. The molecule has 2 heterocycles. The normalized spacial score (nSPS) is 14.3. The Bertz CT molecular complexity index is 1020. The number of anilines is 2. The summed E-state index contributed by atoms with van der Waals surface area (Å²) in [5.41, 5.74) is 5.58. The second kappa shape index (κ2) is 11.3. The minimum Gasteiger partial charge on any atom is -0.340 e. The molecule has 2 aromatic rings. The molecular formula is C20H25Cl2N7O3. The summed E-state index contributed by atoms with van der Waals surface area (Å²) >= 11 is 12.0. The van der Waals surface area contributed by atoms with Crippen LogP contribution < -0.4 is 21.9 Å². The molecule has 10 nitrogen and oxygen atoms in total. The van der Waals surface area contributed by atoms with Gasteiger partial charge in [0, 0.05) is 37.9 Å². The van der Waals surface area contributed by atoms with E-state index in [1.165, 1.54) is 6.20 Å². The molecule has 0 bridgehead atoms. The van der Waals surface area contributed by atoms with Gasteiger partial charge in [0.15, 0.2) is 0 Å². The average molecular weight is 482 g/mol. The highest BCUT2D eigenvalue weighted by Gasteiger charge is 2.22. The number of hydrogen-bond donors (Lipinski definition) is 4. The Morgan fingerprint density at radius 3 is 2.59 bits per heavy atom. The molecule has 0 spiro atoms. The number of carbonyl (C=O) groups is 2. The molecule has 32 heavy (non-hydrogen) atoms. The molecule has 0 saturated carbocycles. The first kappa shape index (κ1) is 24.0. The number of aromatic amines is 1. The number of benzene rings is 1. The van der Waals surface area contributed by atoms with Crippen molar-refractivity contribution in [3.63, 3.8) is 0 Å². The molecule has 3 amide bonds. The van der Waals surface area contributed by atoms with Crippen molar-refractivity contribution in [3.8, 4) is 0 Å². The van der Waals surface area contributed by atoms with Gasteiger partial charge in [-0.15, -0.1) is 0 Å². The van der Waals surface area contributed by atoms with Crippen LogP contribution in [0.2, 0.25) is 10.0 Å². The van der Waals surface area contributed by atoms with Crippen molar-refractivity contribution in [1.29, 1.82) is 0 Å². The molecule has 3 rings (SSSR count). The molecule has 1 aromatic heterocycles. The number of nitrogens with zero attached hydrogens (tertiary/aromatic N) is 3. The number of rotatable bonds is 7. The summed E-state index contributed by atoms with van der Waals surface area (Å²) in [6.07, 6.45) is 2.16. The standard InChI is InChI=1S/C20H25Cl2N7O3/c21-14-3-1-4-15(17(14)22)25-20(32)27-19-24-12-13(18(31)26-19)11-16(30)29-9-7-28(8-10-29)6-2-5-23/h1,3-4,12H,2,5-11,23H2,(H3,24,25,26,27,31,32). The predicted molar refractivity (Wildman–Crippen MR) is 124 cm³/mol. The summed E-state index contributed by atoms with van der Waals surface area (Å²) in [7, 11) is 0. The SMILES string of the molecule is NCCCN1CCN(C(=O)Cc2cnc(NC(=O)Nc3cccc(Cl)c3Cl)[nH]c2=O)CC1. The minimum absolute atomic E-state index is 0.0598. The van der Waals surface area contributed by atoms with Gasteiger partial charge in [-0.05, 0) is 31.6 Å². The minimum atomic E-state index is -0.659. The number of piperazine rings is 1. The van der Waals surface area contributed by atoms with Crippen molar-refractivity contribution >= 4 is 46.8 Å². The zero-order valence-electron chi connectivity index (χ0n) is 17.4. The number of hydrogen-bond acceptors (Lipinski definition) is 6. The molecular weight excluding hydrogens is 457 g/mol. The van der Waals surface area contributed by atoms with Crippen molar-refractivity contribution in [2.75, 3.05) is 49.9 Å². The lowest BCUT2D eigenvalue weighted by atomic mass is 10.2. The van der Waals surface area contributed by atoms with E-state index in [4.69, 9.17) is 28.9 Å². The molecule has 1 aliphatic rings. The molecule has 12 heteroatoms. The van der Waals surface area contributed by atoms with Gasteiger partial charge in [0.2, 0.25) is 11.9 Å². The number of carbonyl (C=O) groups excluding carboxylic acids is 2. The highest BCUT2D eigenvalue weighted by Crippen LogP contribution is 2.29. The number of H-pyrrole nitrogens is 1. The van der Waals surface area contributed by atoms with Crippen LogP contribution in [0.3, 0.4) is 0 Å². The van der Waals surface area contributed by atoms with E-state index in [9.17, 15) is 14.4 Å². The van der Waals surface area contributed by atoms with E-state index in [2.05, 4.69) is 25.5 Å². The van der Waals surface area contributed by atoms with Crippen molar-refractivity contribution in [1.82, 2.24) is 19.8 Å². The van der Waals surface area contributed by atoms with Crippen LogP contribution in [0.5, 0.6) is 0 Å². The largest absolute Gasteiger partial charge is 0.340 e. The highest BCUT2D eigenvalue weighted by molar-refractivity contribution is 6.44. The third-order valence-corrected chi connectivity index (χ3v) is 5.87. The monoisotopic (exact) mass is 481 g/mol. The van der Waals surface area contributed by atoms with Crippen LogP contribution in [0, 0.1) is 0 Å². The van der Waals surface area contributed by atoms with Gasteiger partial charge in [-0.1, -0.05) is 29.3 Å². The van der Waals surface area contributed by atoms with Gasteiger partial charge in [0.05, 0.1) is 22.2 Å². The van der Waals surface area contributed by atoms with Crippen LogP contribution in [-0.4, -0.2) is 71.0 Å². The smallest absolute Gasteiger partial charge is 0.326 e. The molecule has 0 atom stereocenters. The Hall–Kier alpha value is -2.66. The summed E-state index contributed by atoms with van der Waals surface area (Å²) in [6, 6.07) is 4.15. The second-order valence-electron chi connectivity index (χ2n) is 7.31. The van der Waals surface area contributed by atoms with E-state index in [1.54, 1.807) is 23.1 Å². The first-order valence-electron chi connectivity index (χ1n) is 10.2. The van der Waals surface area contributed by atoms with Crippen LogP contribution in [0.25, 0.3) is 0 Å². The van der Waals surface area contributed by atoms with Gasteiger partial charge in [-0.3, -0.25) is 24.8 Å². The zero-order chi connectivity index (χ0) is 23.1. The van der Waals surface area contributed by atoms with E-state index < -0.39 is 11.6 Å². The summed E-state index contributed by atoms with van der Waals surface area (Å²) in [5, 5.41) is 5.43. The van der Waals surface area contributed by atoms with Gasteiger partial charge in [0.1, 0.15) is 0 Å². The first-order valence-corrected chi connectivity index (χ1v) is 10.9. The molecule has 0 aliphatic carbocycles. The van der Waals surface area contributed by atoms with Gasteiger partial charge in [-0.25, -0.2) is 9.78 Å². The number of nitrogens with one attached hydrogen (secondary N) is 3. The Labute approximate surface area is 195 Å². The van der Waals surface area contributed by atoms with Gasteiger partial charge in [-0.2, -0.15) is 0 Å². The molecule has 5 N–H and O–H groups in total. The van der Waals surface area contributed by atoms with Gasteiger partial charge in [0.25, 0.3) is 5.56 Å². The van der Waals surface area contributed by atoms with E-state index in [1.807, 2.05) is 0 Å². The number of halogens is 2. The predicted octanol–water partition coefficient (Wildman–Crippen LogP) is 1.76. The van der Waals surface area contributed by atoms with Crippen LogP contribution in [0.15, 0.2) is 29.2 Å². The maximum atomic E-state index is 12.6. The Morgan fingerprint density at radius 1 is 1.16 bits per heavy atom. The van der Waals surface area contributed by atoms with E-state index in [0.717, 1.165) is 26.1 Å². The van der Waals surface area contributed by atoms with Gasteiger partial charge < -0.3 is 16.0 Å². The summed E-state index contributed by atoms with van der Waals surface area (Å²) in [5.74, 6) is -0.194. The number of nitrogens with two attached hydrogens (primary N) is 1. The third-order valence-electron chi connectivity index (χ3n) is 5.05. The molecule has 1 aromatic carbocycles. The van der Waals surface area contributed by atoms with E-state index >= 15 is 0 Å². The van der Waals surface area contributed by atoms with Crippen molar-refractivity contribution in [3.05, 3.63) is 50.4 Å². The maximum absolute atomic E-state index is 12.6. The van der Waals surface area contributed by atoms with E-state index in [0.29, 0.717) is 30.3 Å². The van der Waals surface area contributed by atoms with E-state index in [-0.39, 0.29) is 28.9 Å². The topological polar surface area (TPSA) is 136 Å². The molecule has 1 fully saturated rings. The lowest BCUT2D eigenvalue weighted by Crippen LogP contribution is -2.49. The molecule has 0 radical (unpaired) electrons. The Balaban J connectivity index is 1.53. The quantitative estimate of drug-likeness (QED) is 0.475. The first-order chi connectivity index (χ1) is 15.4. The molecule has 0 unspecified atom stereocenters. The second-order valence-corrected chi connectivity index (χ2v) is 8.09. The lowest BCUT2D eigenvalue weighted by molar-refractivity contribution is -0.132. The zero-order valence-corrected chi connectivity index (χ0v) is 18.9. The van der Waals surface area contributed by atoms with Crippen molar-refractivity contribution in [2.45, 2.75) is 12.8 Å². The van der Waals surface area contributed by atoms with Crippen LogP contribution >= 0.6 is 23.2 Å². The van der Waals surface area contributed by atoms with Crippen LogP contribution in [0.4, 0.5) is 16.4 Å². The van der Waals surface area contributed by atoms with Crippen molar-refractivity contribution in [2.24, 2.45) is 5.73 Å². The fourth-order valence-corrected chi connectivity index (χ4v) is 3.63. The van der Waals surface area contributed by atoms with Crippen LogP contribution in [0.1, 0.15) is 12.0 Å². The lowest BCUT2D eigenvalue weighted by Gasteiger charge is -2.34.